The Hall–Kier alpha value is -5.64. The van der Waals surface area contributed by atoms with Gasteiger partial charge in [-0.25, -0.2) is 9.97 Å². The molecule has 0 atom stereocenters. The highest BCUT2D eigenvalue weighted by Crippen LogP contribution is 2.31. The van der Waals surface area contributed by atoms with Crippen LogP contribution < -0.4 is 0 Å². The van der Waals surface area contributed by atoms with Crippen molar-refractivity contribution in [3.8, 4) is 33.9 Å². The first-order chi connectivity index (χ1) is 24.3. The molecule has 0 bridgehead atoms. The summed E-state index contributed by atoms with van der Waals surface area (Å²) in [4.78, 5) is 9.65. The average molecular weight is 788 g/mol. The molecule has 0 aliphatic heterocycles. The van der Waals surface area contributed by atoms with Crippen LogP contribution in [0.15, 0.2) is 123 Å². The van der Waals surface area contributed by atoms with Crippen molar-refractivity contribution >= 4 is 61.1 Å². The number of aryl methyl sites for hydroxylation is 3. The molecule has 15 heteroatoms. The van der Waals surface area contributed by atoms with E-state index in [1.807, 2.05) is 68.6 Å². The van der Waals surface area contributed by atoms with E-state index in [1.165, 1.54) is 5.56 Å². The van der Waals surface area contributed by atoms with Crippen LogP contribution in [0.4, 0.5) is 0 Å². The van der Waals surface area contributed by atoms with Crippen LogP contribution in [0.2, 0.25) is 0 Å². The second kappa shape index (κ2) is 17.8. The van der Waals surface area contributed by atoms with Crippen molar-refractivity contribution in [2.75, 3.05) is 0 Å². The lowest BCUT2D eigenvalue weighted by Crippen LogP contribution is -1.94. The Morgan fingerprint density at radius 3 is 1.43 bits per heavy atom. The van der Waals surface area contributed by atoms with Gasteiger partial charge >= 0.3 is 23.1 Å². The van der Waals surface area contributed by atoms with Gasteiger partial charge in [0.1, 0.15) is 23.8 Å². The molecule has 51 heavy (non-hydrogen) atoms. The van der Waals surface area contributed by atoms with Gasteiger partial charge in [0.05, 0.1) is 33.9 Å². The maximum Gasteiger partial charge on any atom is 0.335 e. The Kier molecular flexibility index (Phi) is 13.4. The lowest BCUT2D eigenvalue weighted by atomic mass is 10.1. The Morgan fingerprint density at radius 1 is 0.588 bits per heavy atom. The molecule has 260 valence electrons. The van der Waals surface area contributed by atoms with Crippen LogP contribution in [0, 0.1) is 20.8 Å². The van der Waals surface area contributed by atoms with Crippen LogP contribution in [0.25, 0.3) is 56.0 Å². The quantitative estimate of drug-likeness (QED) is 0.170. The predicted molar refractivity (Wildman–Crippen MR) is 200 cm³/mol. The summed E-state index contributed by atoms with van der Waals surface area (Å²) in [7, 11) is 0. The first kappa shape index (κ1) is 38.2. The van der Waals surface area contributed by atoms with Crippen LogP contribution in [0.5, 0.6) is 0 Å². The number of benzene rings is 2. The molecule has 12 nitrogen and oxygen atoms in total. The first-order valence-corrected chi connectivity index (χ1v) is 16.9. The van der Waals surface area contributed by atoms with Crippen LogP contribution in [-0.2, 0) is 23.1 Å². The summed E-state index contributed by atoms with van der Waals surface area (Å²) >= 11 is 2.11. The molecular weight excluding hydrogens is 756 g/mol. The first-order valence-electron chi connectivity index (χ1n) is 14.7. The van der Waals surface area contributed by atoms with E-state index in [-0.39, 0.29) is 7.43 Å². The van der Waals surface area contributed by atoms with Crippen LogP contribution in [-0.4, -0.2) is 46.3 Å². The fraction of sp³-hybridized carbons (Fsp3) is 0.111. The standard InChI is InChI=1S/C18H15N3O.C17H12BrN3O.CH4.2O2S/c1-12-10-21(14-6-4-3-5-7-14)18-15(12)8-9-17(19-18)16-11-22-20-13(16)2;1-11-14(10-22-20-11)16-8-7-13-15(18)9-21(17(13)19-16)12-5-3-2-4-6-12;;2*1-3-2/h3-11H,1-2H3;2-10H,1H3;1H4;;. The number of halogens is 1. The van der Waals surface area contributed by atoms with Crippen molar-refractivity contribution < 1.29 is 25.9 Å². The molecule has 0 saturated carbocycles. The van der Waals surface area contributed by atoms with E-state index in [4.69, 9.17) is 35.8 Å². The van der Waals surface area contributed by atoms with Gasteiger partial charge in [0.25, 0.3) is 0 Å². The third-order valence-electron chi connectivity index (χ3n) is 7.57. The summed E-state index contributed by atoms with van der Waals surface area (Å²) in [5, 5.41) is 10.1. The summed E-state index contributed by atoms with van der Waals surface area (Å²) < 4.78 is 48.4. The van der Waals surface area contributed by atoms with Crippen LogP contribution in [0.3, 0.4) is 0 Å². The Balaban J connectivity index is 0.000000195. The number of hydrogen-bond acceptors (Lipinski definition) is 10. The summed E-state index contributed by atoms with van der Waals surface area (Å²) in [6, 6.07) is 28.6. The molecule has 0 saturated heterocycles. The third kappa shape index (κ3) is 8.57. The second-order valence-electron chi connectivity index (χ2n) is 10.6. The molecule has 2 aromatic carbocycles. The highest BCUT2D eigenvalue weighted by atomic mass is 79.9. The number of fused-ring (bicyclic) bond motifs is 2. The number of pyridine rings is 2. The summed E-state index contributed by atoms with van der Waals surface area (Å²) in [6.07, 6.45) is 7.44. The molecule has 6 heterocycles. The molecule has 0 amide bonds. The van der Waals surface area contributed by atoms with E-state index < -0.39 is 23.1 Å². The Bertz CT molecular complexity index is 2270. The minimum Gasteiger partial charge on any atom is -0.364 e. The normalized spacial score (nSPS) is 10.1. The molecule has 8 aromatic rings. The predicted octanol–water partition coefficient (Wildman–Crippen LogP) is 8.34. The van der Waals surface area contributed by atoms with E-state index in [0.717, 1.165) is 71.8 Å². The molecule has 0 unspecified atom stereocenters. The molecule has 8 rings (SSSR count). The maximum absolute atomic E-state index is 8.29. The zero-order valence-electron chi connectivity index (χ0n) is 26.7. The second-order valence-corrected chi connectivity index (χ2v) is 11.7. The van der Waals surface area contributed by atoms with Crippen LogP contribution in [0.1, 0.15) is 24.4 Å². The summed E-state index contributed by atoms with van der Waals surface area (Å²) in [5.74, 6) is 0. The van der Waals surface area contributed by atoms with Gasteiger partial charge in [0.15, 0.2) is 0 Å². The number of para-hydroxylation sites is 2. The Morgan fingerprint density at radius 2 is 1.00 bits per heavy atom. The number of hydrogen-bond donors (Lipinski definition) is 0. The zero-order chi connectivity index (χ0) is 35.6. The number of aromatic nitrogens is 6. The minimum absolute atomic E-state index is 0. The smallest absolute Gasteiger partial charge is 0.335 e. The van der Waals surface area contributed by atoms with Gasteiger partial charge in [-0.15, -0.1) is 0 Å². The van der Waals surface area contributed by atoms with E-state index >= 15 is 0 Å². The molecular formula is C36H31BrN6O6S2. The summed E-state index contributed by atoms with van der Waals surface area (Å²) in [6.45, 7) is 5.94. The monoisotopic (exact) mass is 786 g/mol. The van der Waals surface area contributed by atoms with E-state index in [1.54, 1.807) is 12.5 Å². The minimum atomic E-state index is -0.750. The van der Waals surface area contributed by atoms with Gasteiger partial charge in [-0.3, -0.25) is 0 Å². The van der Waals surface area contributed by atoms with Crippen molar-refractivity contribution in [3.63, 3.8) is 0 Å². The molecule has 0 radical (unpaired) electrons. The van der Waals surface area contributed by atoms with Crippen LogP contribution >= 0.6 is 15.9 Å². The molecule has 0 fully saturated rings. The van der Waals surface area contributed by atoms with Crippen molar-refractivity contribution in [2.24, 2.45) is 0 Å². The lowest BCUT2D eigenvalue weighted by molar-refractivity contribution is 0.415. The van der Waals surface area contributed by atoms with Gasteiger partial charge < -0.3 is 18.2 Å². The zero-order valence-corrected chi connectivity index (χ0v) is 29.9. The maximum atomic E-state index is 8.29. The molecule has 0 spiro atoms. The van der Waals surface area contributed by atoms with Gasteiger partial charge in [-0.1, -0.05) is 54.1 Å². The van der Waals surface area contributed by atoms with Gasteiger partial charge in [-0.05, 0) is 90.8 Å². The highest BCUT2D eigenvalue weighted by Gasteiger charge is 2.15. The third-order valence-corrected chi connectivity index (χ3v) is 8.21. The van der Waals surface area contributed by atoms with Gasteiger partial charge in [0.2, 0.25) is 0 Å². The average Bonchev–Trinajstić information content (AvgIpc) is 3.92. The largest absolute Gasteiger partial charge is 0.364 e. The lowest BCUT2D eigenvalue weighted by Gasteiger charge is -2.05. The SMILES string of the molecule is C.Cc1nocc1-c1ccc2c(Br)cn(-c3ccccc3)c2n1.Cc1nocc1-c1ccc2c(C)cn(-c3ccccc3)c2n1.O=S=O.O=S=O. The Labute approximate surface area is 308 Å². The molecule has 0 N–H and O–H groups in total. The van der Waals surface area contributed by atoms with E-state index in [0.29, 0.717) is 0 Å². The fourth-order valence-corrected chi connectivity index (χ4v) is 5.79. The number of rotatable bonds is 4. The molecule has 0 aliphatic rings. The molecule has 0 aliphatic carbocycles. The molecule has 6 aromatic heterocycles. The van der Waals surface area contributed by atoms with Crippen molar-refractivity contribution in [1.29, 1.82) is 0 Å². The van der Waals surface area contributed by atoms with E-state index in [2.05, 4.69) is 84.9 Å². The van der Waals surface area contributed by atoms with Gasteiger partial charge in [-0.2, -0.15) is 16.8 Å². The van der Waals surface area contributed by atoms with Crippen molar-refractivity contribution in [3.05, 3.63) is 131 Å². The van der Waals surface area contributed by atoms with Crippen molar-refractivity contribution in [2.45, 2.75) is 28.2 Å². The van der Waals surface area contributed by atoms with Crippen molar-refractivity contribution in [1.82, 2.24) is 29.4 Å². The fourth-order valence-electron chi connectivity index (χ4n) is 5.27. The highest BCUT2D eigenvalue weighted by molar-refractivity contribution is 9.10. The summed E-state index contributed by atoms with van der Waals surface area (Å²) in [5.41, 5.74) is 10.5. The topological polar surface area (TPSA) is 156 Å². The van der Waals surface area contributed by atoms with E-state index in [9.17, 15) is 0 Å². The van der Waals surface area contributed by atoms with Gasteiger partial charge in [0, 0.05) is 39.0 Å². The number of nitrogens with zero attached hydrogens (tertiary/aromatic N) is 6.